The van der Waals surface area contributed by atoms with E-state index in [0.717, 1.165) is 26.9 Å². The van der Waals surface area contributed by atoms with Gasteiger partial charge in [0.2, 0.25) is 23.6 Å². The quantitative estimate of drug-likeness (QED) is 0.0353. The highest BCUT2D eigenvalue weighted by Gasteiger charge is 2.56. The number of carbonyl (C=O) groups excluding carboxylic acids is 7. The Morgan fingerprint density at radius 1 is 0.922 bits per heavy atom. The van der Waals surface area contributed by atoms with Crippen LogP contribution >= 0.6 is 0 Å². The number of nitrogens with one attached hydrogen (secondary N) is 10. The molecule has 2 aromatic carbocycles. The number of imide groups is 1. The molecule has 3 aliphatic rings. The van der Waals surface area contributed by atoms with E-state index in [1.807, 2.05) is 54.6 Å². The highest BCUT2D eigenvalue weighted by atomic mass is 16.2. The Kier molecular flexibility index (Phi) is 15.7. The van der Waals surface area contributed by atoms with Crippen LogP contribution in [0, 0.1) is 5.41 Å². The van der Waals surface area contributed by atoms with Gasteiger partial charge in [0.1, 0.15) is 36.0 Å². The summed E-state index contributed by atoms with van der Waals surface area (Å²) in [6.45, 7) is 1.14. The number of para-hydroxylation sites is 1. The molecule has 1 unspecified atom stereocenters. The lowest BCUT2D eigenvalue weighted by molar-refractivity contribution is -0.144. The van der Waals surface area contributed by atoms with E-state index >= 15 is 0 Å². The van der Waals surface area contributed by atoms with Crippen LogP contribution in [-0.2, 0) is 41.6 Å². The Morgan fingerprint density at radius 2 is 1.66 bits per heavy atom. The van der Waals surface area contributed by atoms with Crippen molar-refractivity contribution in [1.82, 2.24) is 52.4 Å². The van der Waals surface area contributed by atoms with E-state index < -0.39 is 76.9 Å². The molecule has 344 valence electrons. The first kappa shape index (κ1) is 47.1. The number of hydrogen-bond donors (Lipinski definition) is 12. The number of amides is 7. The molecular weight excluding hydrogens is 823 g/mol. The summed E-state index contributed by atoms with van der Waals surface area (Å²) in [5.41, 5.74) is 11.1. The van der Waals surface area contributed by atoms with Crippen molar-refractivity contribution >= 4 is 58.7 Å². The van der Waals surface area contributed by atoms with E-state index in [1.54, 1.807) is 13.2 Å². The zero-order valence-electron chi connectivity index (χ0n) is 36.1. The van der Waals surface area contributed by atoms with Crippen LogP contribution in [-0.4, -0.2) is 132 Å². The van der Waals surface area contributed by atoms with Crippen LogP contribution in [0.2, 0.25) is 0 Å². The van der Waals surface area contributed by atoms with Crippen molar-refractivity contribution < 1.29 is 33.6 Å². The number of likely N-dealkylation sites (N-methyl/N-ethyl adjacent to an activating group) is 1. The molecule has 3 fully saturated rings. The lowest BCUT2D eigenvalue weighted by Crippen LogP contribution is -2.67. The van der Waals surface area contributed by atoms with Gasteiger partial charge in [-0.25, -0.2) is 9.69 Å². The number of nitrogens with zero attached hydrogens (tertiary/aromatic N) is 1. The summed E-state index contributed by atoms with van der Waals surface area (Å²) < 4.78 is 0. The molecule has 4 heterocycles. The number of piperidine rings is 1. The molecule has 3 aliphatic heterocycles. The van der Waals surface area contributed by atoms with E-state index in [4.69, 9.17) is 16.9 Å². The Bertz CT molecular complexity index is 2180. The first-order chi connectivity index (χ1) is 30.8. The van der Waals surface area contributed by atoms with Crippen molar-refractivity contribution in [3.8, 4) is 0 Å². The molecule has 1 aromatic heterocycles. The van der Waals surface area contributed by atoms with Gasteiger partial charge in [0, 0.05) is 35.6 Å². The maximum atomic E-state index is 14.7. The standard InChI is InChI=1S/C44H61N13O7/c1-48-35-38(61)55-34(24-28-25-51-31-12-6-5-11-30(28)31)37(60)54-32(36(45)59)13-7-8-19-52-43(35,16-22-50-41(46)47)15-14-33-39(62)57(42(64)56-33)44(17-20-49-21-18-44)40(63)53-29(26-58)23-27-9-3-2-4-10-27/h2-6,9-12,25-26,29,32-35,48-49,51-52H,7-8,13-24H2,1H3,(H2,45,59)(H,53,63)(H,54,60)(H,55,61)(H,56,64)(H4,46,47,50)/t29-,32+,33+,34+,35-,43?/m1/s1. The summed E-state index contributed by atoms with van der Waals surface area (Å²) in [6.07, 6.45) is 4.47. The largest absolute Gasteiger partial charge is 0.370 e. The predicted molar refractivity (Wildman–Crippen MR) is 238 cm³/mol. The van der Waals surface area contributed by atoms with Gasteiger partial charge < -0.3 is 63.8 Å². The number of aromatic nitrogens is 1. The Morgan fingerprint density at radius 3 is 2.36 bits per heavy atom. The number of fused-ring (bicyclic) bond motifs is 1. The van der Waals surface area contributed by atoms with Crippen molar-refractivity contribution in [1.29, 1.82) is 5.41 Å². The third-order valence-electron chi connectivity index (χ3n) is 12.7. The van der Waals surface area contributed by atoms with Crippen molar-refractivity contribution in [3.63, 3.8) is 0 Å². The number of aromatic amines is 1. The summed E-state index contributed by atoms with van der Waals surface area (Å²) in [4.78, 5) is 101. The fourth-order valence-electron chi connectivity index (χ4n) is 9.36. The third-order valence-corrected chi connectivity index (χ3v) is 12.7. The van der Waals surface area contributed by atoms with E-state index in [0.29, 0.717) is 38.8 Å². The number of rotatable bonds is 16. The van der Waals surface area contributed by atoms with Gasteiger partial charge >= 0.3 is 6.03 Å². The average Bonchev–Trinajstić information content (AvgIpc) is 3.83. The van der Waals surface area contributed by atoms with E-state index in [2.05, 4.69) is 47.5 Å². The summed E-state index contributed by atoms with van der Waals surface area (Å²) in [5.74, 6) is -3.38. The average molecular weight is 884 g/mol. The maximum absolute atomic E-state index is 14.7. The van der Waals surface area contributed by atoms with Crippen molar-refractivity contribution in [3.05, 3.63) is 71.9 Å². The number of primary amides is 1. The summed E-state index contributed by atoms with van der Waals surface area (Å²) in [7, 11) is 1.60. The van der Waals surface area contributed by atoms with Crippen molar-refractivity contribution in [2.24, 2.45) is 11.5 Å². The number of nitrogens with two attached hydrogens (primary N) is 2. The minimum atomic E-state index is -1.58. The van der Waals surface area contributed by atoms with Gasteiger partial charge in [0.05, 0.1) is 6.04 Å². The second-order valence-electron chi connectivity index (χ2n) is 16.9. The van der Waals surface area contributed by atoms with Gasteiger partial charge in [-0.2, -0.15) is 0 Å². The normalized spacial score (nSPS) is 24.8. The number of aldehydes is 1. The number of carbonyl (C=O) groups is 7. The molecule has 6 rings (SSSR count). The van der Waals surface area contributed by atoms with Crippen molar-refractivity contribution in [2.45, 2.75) is 105 Å². The molecule has 14 N–H and O–H groups in total. The lowest BCUT2D eigenvalue weighted by Gasteiger charge is -2.42. The van der Waals surface area contributed by atoms with Crippen LogP contribution < -0.4 is 54.0 Å². The third kappa shape index (κ3) is 10.9. The molecule has 0 saturated carbocycles. The van der Waals surface area contributed by atoms with E-state index in [1.165, 1.54) is 0 Å². The molecule has 0 spiro atoms. The molecule has 0 radical (unpaired) electrons. The smallest absolute Gasteiger partial charge is 0.325 e. The highest BCUT2D eigenvalue weighted by molar-refractivity contribution is 6.09. The van der Waals surface area contributed by atoms with Crippen LogP contribution in [0.15, 0.2) is 60.8 Å². The molecule has 64 heavy (non-hydrogen) atoms. The molecule has 3 saturated heterocycles. The molecule has 6 atom stereocenters. The monoisotopic (exact) mass is 883 g/mol. The fourth-order valence-corrected chi connectivity index (χ4v) is 9.36. The first-order valence-corrected chi connectivity index (χ1v) is 21.9. The topological polar surface area (TPSA) is 311 Å². The van der Waals surface area contributed by atoms with Gasteiger partial charge in [-0.15, -0.1) is 0 Å². The van der Waals surface area contributed by atoms with Crippen LogP contribution in [0.4, 0.5) is 4.79 Å². The molecule has 3 aromatic rings. The predicted octanol–water partition coefficient (Wildman–Crippen LogP) is -1.11. The van der Waals surface area contributed by atoms with Gasteiger partial charge in [-0.3, -0.25) is 29.4 Å². The van der Waals surface area contributed by atoms with Crippen LogP contribution in [0.3, 0.4) is 0 Å². The number of hydrogen-bond acceptors (Lipinski definition) is 11. The lowest BCUT2D eigenvalue weighted by atomic mass is 9.79. The van der Waals surface area contributed by atoms with Crippen LogP contribution in [0.1, 0.15) is 62.5 Å². The van der Waals surface area contributed by atoms with Gasteiger partial charge in [0.25, 0.3) is 5.91 Å². The fraction of sp³-hybridized carbons (Fsp3) is 0.500. The molecule has 0 bridgehead atoms. The maximum Gasteiger partial charge on any atom is 0.325 e. The Balaban J connectivity index is 1.28. The Labute approximate surface area is 371 Å². The van der Waals surface area contributed by atoms with E-state index in [9.17, 15) is 33.6 Å². The van der Waals surface area contributed by atoms with Gasteiger partial charge in [-0.05, 0) is 102 Å². The minimum Gasteiger partial charge on any atom is -0.370 e. The molecular formula is C44H61N13O7. The number of benzene rings is 2. The Hall–Kier alpha value is -6.38. The number of H-pyrrole nitrogens is 1. The molecule has 20 nitrogen and oxygen atoms in total. The number of guanidine groups is 1. The van der Waals surface area contributed by atoms with E-state index in [-0.39, 0.29) is 63.9 Å². The summed E-state index contributed by atoms with van der Waals surface area (Å²) in [5, 5.41) is 32.8. The second kappa shape index (κ2) is 21.3. The summed E-state index contributed by atoms with van der Waals surface area (Å²) >= 11 is 0. The zero-order chi connectivity index (χ0) is 45.9. The second-order valence-corrected chi connectivity index (χ2v) is 16.9. The number of urea groups is 1. The van der Waals surface area contributed by atoms with Crippen molar-refractivity contribution in [2.75, 3.05) is 33.2 Å². The molecule has 0 aliphatic carbocycles. The molecule has 7 amide bonds. The van der Waals surface area contributed by atoms with Gasteiger partial charge in [-0.1, -0.05) is 48.5 Å². The van der Waals surface area contributed by atoms with Gasteiger partial charge in [0.15, 0.2) is 5.96 Å². The molecule has 20 heteroatoms. The van der Waals surface area contributed by atoms with Crippen LogP contribution in [0.5, 0.6) is 0 Å². The minimum absolute atomic E-state index is 0.0174. The highest BCUT2D eigenvalue weighted by Crippen LogP contribution is 2.33. The first-order valence-electron chi connectivity index (χ1n) is 21.9. The van der Waals surface area contributed by atoms with Crippen LogP contribution in [0.25, 0.3) is 10.9 Å². The zero-order valence-corrected chi connectivity index (χ0v) is 36.1. The summed E-state index contributed by atoms with van der Waals surface area (Å²) in [6, 6.07) is 10.8. The SMILES string of the molecule is CN[C@@H]1C(=O)N[C@@H](Cc2c[nH]c3ccccc23)C(=O)N[C@H](C(N)=O)CCCCNC1(CCNC(=N)N)CC[C@@H]1NC(=O)N(C2(C(=O)N[C@@H](C=O)Cc3ccccc3)CCNCC2)C1=O.